The Labute approximate surface area is 205 Å². The highest BCUT2D eigenvalue weighted by atomic mass is 32.2. The second kappa shape index (κ2) is 9.10. The van der Waals surface area contributed by atoms with Crippen LogP contribution in [0.2, 0.25) is 0 Å². The molecule has 1 N–H and O–H groups in total. The largest absolute Gasteiger partial charge is 0.494 e. The number of ether oxygens (including phenoxy) is 1. The highest BCUT2D eigenvalue weighted by molar-refractivity contribution is 7.89. The van der Waals surface area contributed by atoms with Gasteiger partial charge in [-0.15, -0.1) is 0 Å². The Morgan fingerprint density at radius 3 is 2.91 bits per heavy atom. The van der Waals surface area contributed by atoms with Gasteiger partial charge in [0.25, 0.3) is 0 Å². The van der Waals surface area contributed by atoms with Gasteiger partial charge in [0.15, 0.2) is 10.7 Å². The van der Waals surface area contributed by atoms with Crippen molar-refractivity contribution in [2.45, 2.75) is 24.7 Å². The number of carbonyl (C=O) groups is 1. The Hall–Kier alpha value is -3.22. The molecule has 10 nitrogen and oxygen atoms in total. The number of nitrogens with one attached hydrogen (secondary N) is 1. The van der Waals surface area contributed by atoms with Crippen LogP contribution >= 0.6 is 11.3 Å². The Balaban J connectivity index is 1.32. The first-order chi connectivity index (χ1) is 16.8. The minimum atomic E-state index is -3.87. The van der Waals surface area contributed by atoms with Gasteiger partial charge in [-0.3, -0.25) is 9.36 Å². The summed E-state index contributed by atoms with van der Waals surface area (Å²) in [5.74, 6) is -0.600. The van der Waals surface area contributed by atoms with E-state index in [4.69, 9.17) is 9.15 Å². The van der Waals surface area contributed by atoms with Crippen molar-refractivity contribution in [3.63, 3.8) is 0 Å². The number of anilines is 1. The number of hydrogen-bond donors (Lipinski definition) is 1. The summed E-state index contributed by atoms with van der Waals surface area (Å²) in [5, 5.41) is 3.31. The first-order valence-electron chi connectivity index (χ1n) is 11.2. The predicted molar refractivity (Wildman–Crippen MR) is 132 cm³/mol. The second-order valence-corrected chi connectivity index (χ2v) is 11.3. The van der Waals surface area contributed by atoms with E-state index in [-0.39, 0.29) is 22.9 Å². The molecule has 1 aliphatic rings. The average Bonchev–Trinajstić information content (AvgIpc) is 3.37. The molecule has 1 aliphatic heterocycles. The number of oxazole rings is 1. The average molecular weight is 517 g/mol. The molecule has 3 heterocycles. The van der Waals surface area contributed by atoms with Crippen LogP contribution in [0.1, 0.15) is 19.8 Å². The van der Waals surface area contributed by atoms with Crippen molar-refractivity contribution in [1.82, 2.24) is 13.9 Å². The molecular weight excluding hydrogens is 492 g/mol. The number of fused-ring (bicyclic) bond motifs is 2. The fourth-order valence-electron chi connectivity index (χ4n) is 4.22. The lowest BCUT2D eigenvalue weighted by atomic mass is 9.99. The lowest BCUT2D eigenvalue weighted by molar-refractivity contribution is -0.120. The highest BCUT2D eigenvalue weighted by Gasteiger charge is 2.34. The van der Waals surface area contributed by atoms with Gasteiger partial charge in [0.05, 0.1) is 33.2 Å². The van der Waals surface area contributed by atoms with E-state index in [1.54, 1.807) is 13.1 Å². The van der Waals surface area contributed by atoms with Crippen molar-refractivity contribution in [1.29, 1.82) is 0 Å². The minimum Gasteiger partial charge on any atom is -0.494 e. The molecule has 1 fully saturated rings. The lowest BCUT2D eigenvalue weighted by Crippen LogP contribution is -2.43. The minimum absolute atomic E-state index is 0.0247. The van der Waals surface area contributed by atoms with Gasteiger partial charge in [-0.2, -0.15) is 4.31 Å². The lowest BCUT2D eigenvalue weighted by Gasteiger charge is -2.31. The van der Waals surface area contributed by atoms with E-state index < -0.39 is 21.7 Å². The van der Waals surface area contributed by atoms with Gasteiger partial charge >= 0.3 is 5.76 Å². The van der Waals surface area contributed by atoms with Gasteiger partial charge in [0, 0.05) is 26.2 Å². The first kappa shape index (κ1) is 23.5. The molecule has 0 spiro atoms. The summed E-state index contributed by atoms with van der Waals surface area (Å²) in [5.41, 5.74) is 1.46. The molecule has 1 atom stereocenters. The van der Waals surface area contributed by atoms with Crippen LogP contribution in [0.4, 0.5) is 5.13 Å². The zero-order chi connectivity index (χ0) is 24.7. The molecule has 4 aromatic rings. The van der Waals surface area contributed by atoms with Crippen LogP contribution in [-0.2, 0) is 21.9 Å². The van der Waals surface area contributed by atoms with E-state index in [1.165, 1.54) is 32.3 Å². The van der Waals surface area contributed by atoms with Crippen molar-refractivity contribution in [2.75, 3.05) is 25.0 Å². The van der Waals surface area contributed by atoms with E-state index in [1.807, 2.05) is 25.1 Å². The van der Waals surface area contributed by atoms with Crippen LogP contribution in [0, 0.1) is 5.92 Å². The quantitative estimate of drug-likeness (QED) is 0.417. The topological polar surface area (TPSA) is 124 Å². The standard InChI is InChI=1S/C23H24N4O6S2/c1-3-32-15-6-8-17-20(11-15)34-22(24-17)25-21(28)14-5-4-10-27(13-14)35(30,31)16-7-9-18-19(12-16)33-23(29)26(18)2/h6-9,11-12,14H,3-5,10,13H2,1-2H3,(H,24,25,28)/t14-/m1/s1. The van der Waals surface area contributed by atoms with Crippen molar-refractivity contribution in [3.05, 3.63) is 46.9 Å². The predicted octanol–water partition coefficient (Wildman–Crippen LogP) is 3.18. The van der Waals surface area contributed by atoms with Crippen LogP contribution < -0.4 is 15.8 Å². The number of amides is 1. The van der Waals surface area contributed by atoms with Crippen LogP contribution in [0.15, 0.2) is 50.5 Å². The number of carbonyl (C=O) groups excluding carboxylic acids is 1. The monoisotopic (exact) mass is 516 g/mol. The van der Waals surface area contributed by atoms with Crippen LogP contribution in [-0.4, -0.2) is 47.9 Å². The summed E-state index contributed by atoms with van der Waals surface area (Å²) in [4.78, 5) is 29.2. The summed E-state index contributed by atoms with van der Waals surface area (Å²) in [7, 11) is -2.32. The number of sulfonamides is 1. The summed E-state index contributed by atoms with van der Waals surface area (Å²) in [6.45, 7) is 2.84. The molecule has 0 aliphatic carbocycles. The summed E-state index contributed by atoms with van der Waals surface area (Å²) < 4.78 is 40.8. The first-order valence-corrected chi connectivity index (χ1v) is 13.5. The molecule has 0 radical (unpaired) electrons. The Kier molecular flexibility index (Phi) is 6.11. The zero-order valence-corrected chi connectivity index (χ0v) is 20.8. The molecule has 12 heteroatoms. The van der Waals surface area contributed by atoms with Gasteiger partial charge in [0.1, 0.15) is 5.75 Å². The summed E-state index contributed by atoms with van der Waals surface area (Å²) in [6.07, 6.45) is 1.13. The number of piperidine rings is 1. The fourth-order valence-corrected chi connectivity index (χ4v) is 6.66. The number of aromatic nitrogens is 2. The third kappa shape index (κ3) is 4.44. The van der Waals surface area contributed by atoms with Gasteiger partial charge in [0.2, 0.25) is 15.9 Å². The maximum Gasteiger partial charge on any atom is 0.419 e. The fraction of sp³-hybridized carbons (Fsp3) is 0.348. The molecule has 0 saturated carbocycles. The number of thiazole rings is 1. The van der Waals surface area contributed by atoms with Crippen molar-refractivity contribution in [3.8, 4) is 5.75 Å². The third-order valence-electron chi connectivity index (χ3n) is 6.06. The van der Waals surface area contributed by atoms with E-state index in [0.29, 0.717) is 36.6 Å². The van der Waals surface area contributed by atoms with E-state index in [9.17, 15) is 18.0 Å². The van der Waals surface area contributed by atoms with Crippen molar-refractivity contribution in [2.24, 2.45) is 13.0 Å². The Bertz CT molecular complexity index is 1590. The SMILES string of the molecule is CCOc1ccc2nc(NC(=O)[C@@H]3CCCN(S(=O)(=O)c4ccc5c(c4)oc(=O)n5C)C3)sc2c1. The number of hydrogen-bond acceptors (Lipinski definition) is 8. The van der Waals surface area contributed by atoms with Gasteiger partial charge in [-0.05, 0) is 50.1 Å². The van der Waals surface area contributed by atoms with Gasteiger partial charge in [-0.25, -0.2) is 18.2 Å². The molecule has 184 valence electrons. The zero-order valence-electron chi connectivity index (χ0n) is 19.2. The molecular formula is C23H24N4O6S2. The van der Waals surface area contributed by atoms with Gasteiger partial charge < -0.3 is 14.5 Å². The van der Waals surface area contributed by atoms with E-state index in [0.717, 1.165) is 16.0 Å². The summed E-state index contributed by atoms with van der Waals surface area (Å²) >= 11 is 1.34. The molecule has 35 heavy (non-hydrogen) atoms. The summed E-state index contributed by atoms with van der Waals surface area (Å²) in [6, 6.07) is 9.91. The molecule has 2 aromatic carbocycles. The number of aryl methyl sites for hydroxylation is 1. The second-order valence-electron chi connectivity index (χ2n) is 8.33. The number of nitrogens with zero attached hydrogens (tertiary/aromatic N) is 3. The van der Waals surface area contributed by atoms with Crippen LogP contribution in [0.5, 0.6) is 5.75 Å². The number of rotatable bonds is 6. The maximum absolute atomic E-state index is 13.3. The van der Waals surface area contributed by atoms with Crippen LogP contribution in [0.25, 0.3) is 21.3 Å². The number of benzene rings is 2. The highest BCUT2D eigenvalue weighted by Crippen LogP contribution is 2.31. The molecule has 1 saturated heterocycles. The van der Waals surface area contributed by atoms with E-state index in [2.05, 4.69) is 10.3 Å². The normalized spacial score (nSPS) is 17.1. The Morgan fingerprint density at radius 2 is 2.11 bits per heavy atom. The van der Waals surface area contributed by atoms with Crippen molar-refractivity contribution >= 4 is 53.7 Å². The molecule has 0 unspecified atom stereocenters. The Morgan fingerprint density at radius 1 is 1.29 bits per heavy atom. The molecule has 1 amide bonds. The van der Waals surface area contributed by atoms with Crippen LogP contribution in [0.3, 0.4) is 0 Å². The third-order valence-corrected chi connectivity index (χ3v) is 8.85. The molecule has 2 aromatic heterocycles. The maximum atomic E-state index is 13.3. The van der Waals surface area contributed by atoms with Crippen molar-refractivity contribution < 1.29 is 22.4 Å². The molecule has 5 rings (SSSR count). The van der Waals surface area contributed by atoms with Gasteiger partial charge in [-0.1, -0.05) is 11.3 Å². The van der Waals surface area contributed by atoms with E-state index >= 15 is 0 Å². The molecule has 0 bridgehead atoms. The smallest absolute Gasteiger partial charge is 0.419 e.